The van der Waals surface area contributed by atoms with E-state index in [0.717, 1.165) is 18.8 Å². The van der Waals surface area contributed by atoms with Gasteiger partial charge >= 0.3 is 5.97 Å². The molecule has 1 atom stereocenters. The number of hydrogen-bond acceptors (Lipinski definition) is 7. The van der Waals surface area contributed by atoms with Gasteiger partial charge in [-0.05, 0) is 18.2 Å². The van der Waals surface area contributed by atoms with Crippen LogP contribution in [0.2, 0.25) is 0 Å². The van der Waals surface area contributed by atoms with Crippen LogP contribution in [0, 0.1) is 0 Å². The highest BCUT2D eigenvalue weighted by atomic mass is 16.5. The van der Waals surface area contributed by atoms with Gasteiger partial charge in [-0.15, -0.1) is 0 Å². The highest BCUT2D eigenvalue weighted by Gasteiger charge is 2.25. The maximum absolute atomic E-state index is 12.2. The van der Waals surface area contributed by atoms with Crippen molar-refractivity contribution in [1.82, 2.24) is 16.0 Å². The number of nitrogens with one attached hydrogen (secondary N) is 4. The van der Waals surface area contributed by atoms with Gasteiger partial charge in [0.1, 0.15) is 6.61 Å². The van der Waals surface area contributed by atoms with Crippen LogP contribution in [0.1, 0.15) is 16.8 Å². The number of guanidine groups is 1. The molecule has 1 fully saturated rings. The van der Waals surface area contributed by atoms with E-state index in [9.17, 15) is 14.4 Å². The lowest BCUT2D eigenvalue weighted by molar-refractivity contribution is -0.138. The van der Waals surface area contributed by atoms with E-state index in [4.69, 9.17) is 4.74 Å². The van der Waals surface area contributed by atoms with Crippen LogP contribution in [0.5, 0.6) is 0 Å². The number of carbonyl (C=O) groups excluding carboxylic acids is 3. The van der Waals surface area contributed by atoms with E-state index in [2.05, 4.69) is 26.3 Å². The molecule has 4 N–H and O–H groups in total. The number of benzene rings is 1. The summed E-state index contributed by atoms with van der Waals surface area (Å²) in [5.74, 6) is -0.389. The summed E-state index contributed by atoms with van der Waals surface area (Å²) in [6, 6.07) is 6.58. The number of nitrogens with zero attached hydrogens (tertiary/aromatic N) is 1. The van der Waals surface area contributed by atoms with Gasteiger partial charge in [-0.1, -0.05) is 6.07 Å². The van der Waals surface area contributed by atoms with Gasteiger partial charge in [-0.2, -0.15) is 0 Å². The number of cyclic esters (lactones) is 1. The minimum Gasteiger partial charge on any atom is -0.463 e. The van der Waals surface area contributed by atoms with Crippen molar-refractivity contribution in [1.29, 1.82) is 0 Å². The summed E-state index contributed by atoms with van der Waals surface area (Å²) in [6.07, 6.45) is 0.158. The number of hydrogen-bond donors (Lipinski definition) is 4. The maximum Gasteiger partial charge on any atom is 0.308 e. The number of amides is 2. The molecule has 0 aromatic heterocycles. The Hall–Kier alpha value is -3.10. The molecule has 2 aliphatic rings. The van der Waals surface area contributed by atoms with Crippen LogP contribution in [-0.4, -0.2) is 56.0 Å². The number of anilines is 1. The molecule has 0 saturated carbocycles. The first kappa shape index (κ1) is 16.7. The van der Waals surface area contributed by atoms with Crippen molar-refractivity contribution >= 4 is 29.4 Å². The summed E-state index contributed by atoms with van der Waals surface area (Å²) in [4.78, 5) is 39.2. The van der Waals surface area contributed by atoms with Crippen molar-refractivity contribution in [3.63, 3.8) is 0 Å². The second-order valence-electron chi connectivity index (χ2n) is 5.70. The lowest BCUT2D eigenvalue weighted by atomic mass is 10.2. The second-order valence-corrected chi connectivity index (χ2v) is 5.70. The highest BCUT2D eigenvalue weighted by Crippen LogP contribution is 2.11. The minimum absolute atomic E-state index is 0.158. The van der Waals surface area contributed by atoms with Crippen LogP contribution in [-0.2, 0) is 14.3 Å². The summed E-state index contributed by atoms with van der Waals surface area (Å²) in [6.45, 7) is 1.50. The topological polar surface area (TPSA) is 121 Å². The van der Waals surface area contributed by atoms with E-state index in [0.29, 0.717) is 11.5 Å². The van der Waals surface area contributed by atoms with Gasteiger partial charge in [0.2, 0.25) is 5.91 Å². The first-order valence-corrected chi connectivity index (χ1v) is 7.99. The second kappa shape index (κ2) is 7.65. The first-order chi connectivity index (χ1) is 12.1. The molecule has 1 aromatic rings. The molecule has 0 aliphatic carbocycles. The molecule has 0 radical (unpaired) electrons. The van der Waals surface area contributed by atoms with Gasteiger partial charge in [0.25, 0.3) is 5.91 Å². The zero-order valence-electron chi connectivity index (χ0n) is 13.5. The summed E-state index contributed by atoms with van der Waals surface area (Å²) < 4.78 is 4.77. The Bertz CT molecular complexity index is 718. The van der Waals surface area contributed by atoms with Crippen molar-refractivity contribution in [2.45, 2.75) is 12.5 Å². The molecular weight excluding hydrogens is 326 g/mol. The molecule has 2 aliphatic heterocycles. The first-order valence-electron chi connectivity index (χ1n) is 7.99. The molecule has 132 valence electrons. The van der Waals surface area contributed by atoms with Crippen LogP contribution < -0.4 is 21.3 Å². The third-order valence-corrected chi connectivity index (χ3v) is 3.69. The number of ether oxygens (including phenoxy) is 1. The number of aliphatic imine (C=N–C) groups is 1. The Morgan fingerprint density at radius 2 is 2.24 bits per heavy atom. The Balaban J connectivity index is 1.49. The van der Waals surface area contributed by atoms with Crippen LogP contribution in [0.25, 0.3) is 0 Å². The standard InChI is InChI=1S/C16H19N5O4/c22-13(20-12-7-14(23)25-9-12)8-19-15(24)10-2-1-3-11(6-10)21-16-17-4-5-18-16/h1-3,6,12H,4-5,7-9H2,(H,19,24)(H,20,22)(H2,17,18,21). The maximum atomic E-state index is 12.2. The Labute approximate surface area is 144 Å². The third-order valence-electron chi connectivity index (χ3n) is 3.69. The monoisotopic (exact) mass is 345 g/mol. The van der Waals surface area contributed by atoms with E-state index in [1.54, 1.807) is 18.2 Å². The van der Waals surface area contributed by atoms with Gasteiger partial charge in [0.05, 0.1) is 25.6 Å². The summed E-state index contributed by atoms with van der Waals surface area (Å²) in [7, 11) is 0. The summed E-state index contributed by atoms with van der Waals surface area (Å²) >= 11 is 0. The highest BCUT2D eigenvalue weighted by molar-refractivity contribution is 5.99. The molecule has 3 rings (SSSR count). The molecule has 9 heteroatoms. The lowest BCUT2D eigenvalue weighted by Gasteiger charge is -2.11. The van der Waals surface area contributed by atoms with Gasteiger partial charge in [0.15, 0.2) is 5.96 Å². The normalized spacial score (nSPS) is 18.8. The number of carbonyl (C=O) groups is 3. The number of rotatable bonds is 5. The SMILES string of the molecule is O=C(CNC(=O)c1cccc(NC2=NCCN2)c1)NC1COC(=O)C1. The van der Waals surface area contributed by atoms with Crippen LogP contribution in [0.3, 0.4) is 0 Å². The third kappa shape index (κ3) is 4.69. The van der Waals surface area contributed by atoms with Gasteiger partial charge in [-0.25, -0.2) is 0 Å². The van der Waals surface area contributed by atoms with E-state index >= 15 is 0 Å². The molecule has 0 spiro atoms. The van der Waals surface area contributed by atoms with Crippen LogP contribution >= 0.6 is 0 Å². The Morgan fingerprint density at radius 3 is 2.96 bits per heavy atom. The molecule has 9 nitrogen and oxygen atoms in total. The van der Waals surface area contributed by atoms with Crippen LogP contribution in [0.15, 0.2) is 29.3 Å². The predicted octanol–water partition coefficient (Wildman–Crippen LogP) is -0.781. The number of esters is 1. The van der Waals surface area contributed by atoms with E-state index in [1.165, 1.54) is 0 Å². The molecular formula is C16H19N5O4. The molecule has 2 amide bonds. The molecule has 25 heavy (non-hydrogen) atoms. The molecule has 2 heterocycles. The fourth-order valence-corrected chi connectivity index (χ4v) is 2.50. The average Bonchev–Trinajstić information content (AvgIpc) is 3.25. The minimum atomic E-state index is -0.365. The van der Waals surface area contributed by atoms with Gasteiger partial charge in [0, 0.05) is 17.8 Å². The van der Waals surface area contributed by atoms with Crippen molar-refractivity contribution in [3.8, 4) is 0 Å². The zero-order valence-corrected chi connectivity index (χ0v) is 13.5. The molecule has 1 aromatic carbocycles. The van der Waals surface area contributed by atoms with E-state index in [1.807, 2.05) is 6.07 Å². The van der Waals surface area contributed by atoms with Crippen molar-refractivity contribution in [2.24, 2.45) is 4.99 Å². The average molecular weight is 345 g/mol. The van der Waals surface area contributed by atoms with E-state index < -0.39 is 0 Å². The molecule has 0 bridgehead atoms. The molecule has 1 saturated heterocycles. The van der Waals surface area contributed by atoms with Gasteiger partial charge < -0.3 is 26.0 Å². The predicted molar refractivity (Wildman–Crippen MR) is 90.2 cm³/mol. The van der Waals surface area contributed by atoms with Crippen molar-refractivity contribution < 1.29 is 19.1 Å². The van der Waals surface area contributed by atoms with Gasteiger partial charge in [-0.3, -0.25) is 19.4 Å². The van der Waals surface area contributed by atoms with Crippen molar-refractivity contribution in [2.75, 3.05) is 31.6 Å². The van der Waals surface area contributed by atoms with E-state index in [-0.39, 0.29) is 43.4 Å². The largest absolute Gasteiger partial charge is 0.463 e. The summed E-state index contributed by atoms with van der Waals surface area (Å²) in [5, 5.41) is 11.4. The summed E-state index contributed by atoms with van der Waals surface area (Å²) in [5.41, 5.74) is 1.16. The van der Waals surface area contributed by atoms with Crippen LogP contribution in [0.4, 0.5) is 5.69 Å². The fourth-order valence-electron chi connectivity index (χ4n) is 2.50. The quantitative estimate of drug-likeness (QED) is 0.520. The lowest BCUT2D eigenvalue weighted by Crippen LogP contribution is -2.42. The Kier molecular flexibility index (Phi) is 5.12. The van der Waals surface area contributed by atoms with Crippen molar-refractivity contribution in [3.05, 3.63) is 29.8 Å². The molecule has 1 unspecified atom stereocenters. The smallest absolute Gasteiger partial charge is 0.308 e. The fraction of sp³-hybridized carbons (Fsp3) is 0.375. The zero-order chi connectivity index (χ0) is 17.6. The Morgan fingerprint density at radius 1 is 1.36 bits per heavy atom.